The standard InChI is InChI=1S/C10H16O/c1-7(11-2)10-6-8-3-4-9(10)5-8/h8-10H,1,3-6H2,2H3/t8-,9+,10-/m0/s1. The first-order valence-corrected chi connectivity index (χ1v) is 4.54. The molecule has 11 heavy (non-hydrogen) atoms. The minimum absolute atomic E-state index is 0.693. The fourth-order valence-electron chi connectivity index (χ4n) is 2.79. The van der Waals surface area contributed by atoms with Gasteiger partial charge in [-0.15, -0.1) is 0 Å². The van der Waals surface area contributed by atoms with Gasteiger partial charge in [-0.2, -0.15) is 0 Å². The summed E-state index contributed by atoms with van der Waals surface area (Å²) in [5.41, 5.74) is 0. The quantitative estimate of drug-likeness (QED) is 0.553. The summed E-state index contributed by atoms with van der Waals surface area (Å²) in [5, 5.41) is 0. The van der Waals surface area contributed by atoms with E-state index in [2.05, 4.69) is 6.58 Å². The molecule has 0 saturated heterocycles. The van der Waals surface area contributed by atoms with E-state index in [0.29, 0.717) is 5.92 Å². The fraction of sp³-hybridized carbons (Fsp3) is 0.800. The first-order chi connectivity index (χ1) is 5.31. The molecule has 0 aromatic carbocycles. The van der Waals surface area contributed by atoms with E-state index in [9.17, 15) is 0 Å². The van der Waals surface area contributed by atoms with E-state index in [0.717, 1.165) is 17.6 Å². The zero-order valence-corrected chi connectivity index (χ0v) is 7.18. The summed E-state index contributed by atoms with van der Waals surface area (Å²) in [4.78, 5) is 0. The fourth-order valence-corrected chi connectivity index (χ4v) is 2.79. The molecule has 1 heteroatoms. The average Bonchev–Trinajstić information content (AvgIpc) is 2.62. The van der Waals surface area contributed by atoms with Crippen LogP contribution in [0.15, 0.2) is 12.3 Å². The van der Waals surface area contributed by atoms with Crippen LogP contribution in [0.2, 0.25) is 0 Å². The Hall–Kier alpha value is -0.460. The molecule has 0 heterocycles. The Bertz CT molecular complexity index is 174. The molecule has 2 fully saturated rings. The van der Waals surface area contributed by atoms with Gasteiger partial charge in [0.1, 0.15) is 0 Å². The molecular formula is C10H16O. The number of ether oxygens (including phenoxy) is 1. The molecule has 2 aliphatic carbocycles. The molecule has 0 unspecified atom stereocenters. The zero-order valence-electron chi connectivity index (χ0n) is 7.18. The summed E-state index contributed by atoms with van der Waals surface area (Å²) in [6, 6.07) is 0. The van der Waals surface area contributed by atoms with Crippen LogP contribution in [0.5, 0.6) is 0 Å². The van der Waals surface area contributed by atoms with Gasteiger partial charge in [0, 0.05) is 5.92 Å². The van der Waals surface area contributed by atoms with Crippen molar-refractivity contribution in [2.24, 2.45) is 17.8 Å². The highest BCUT2D eigenvalue weighted by Gasteiger charge is 2.41. The largest absolute Gasteiger partial charge is 0.501 e. The highest BCUT2D eigenvalue weighted by atomic mass is 16.5. The van der Waals surface area contributed by atoms with E-state index in [-0.39, 0.29) is 0 Å². The topological polar surface area (TPSA) is 9.23 Å². The van der Waals surface area contributed by atoms with Crippen molar-refractivity contribution in [2.45, 2.75) is 25.7 Å². The van der Waals surface area contributed by atoms with E-state index < -0.39 is 0 Å². The lowest BCUT2D eigenvalue weighted by atomic mass is 9.88. The smallest absolute Gasteiger partial charge is 0.0917 e. The van der Waals surface area contributed by atoms with Crippen molar-refractivity contribution >= 4 is 0 Å². The molecular weight excluding hydrogens is 136 g/mol. The first-order valence-electron chi connectivity index (χ1n) is 4.54. The van der Waals surface area contributed by atoms with E-state index in [1.807, 2.05) is 0 Å². The average molecular weight is 152 g/mol. The first kappa shape index (κ1) is 7.20. The molecule has 0 N–H and O–H groups in total. The highest BCUT2D eigenvalue weighted by Crippen LogP contribution is 2.50. The van der Waals surface area contributed by atoms with Gasteiger partial charge in [-0.1, -0.05) is 13.0 Å². The third-order valence-corrected chi connectivity index (χ3v) is 3.41. The SMILES string of the molecule is C=C(OC)[C@@H]1C[C@H]2CC[C@@H]1C2. The number of rotatable bonds is 2. The summed E-state index contributed by atoms with van der Waals surface area (Å²) in [5.74, 6) is 3.63. The van der Waals surface area contributed by atoms with Gasteiger partial charge in [0.25, 0.3) is 0 Å². The molecule has 2 bridgehead atoms. The van der Waals surface area contributed by atoms with Crippen LogP contribution in [-0.4, -0.2) is 7.11 Å². The maximum Gasteiger partial charge on any atom is 0.0917 e. The van der Waals surface area contributed by atoms with Gasteiger partial charge in [-0.3, -0.25) is 0 Å². The summed E-state index contributed by atoms with van der Waals surface area (Å²) in [6.45, 7) is 3.95. The summed E-state index contributed by atoms with van der Waals surface area (Å²) in [7, 11) is 1.74. The van der Waals surface area contributed by atoms with Crippen molar-refractivity contribution in [3.05, 3.63) is 12.3 Å². The lowest BCUT2D eigenvalue weighted by Crippen LogP contribution is -2.13. The maximum absolute atomic E-state index is 5.19. The molecule has 0 aromatic rings. The Morgan fingerprint density at radius 2 is 2.18 bits per heavy atom. The second-order valence-electron chi connectivity index (χ2n) is 3.95. The van der Waals surface area contributed by atoms with Crippen molar-refractivity contribution in [1.29, 1.82) is 0 Å². The third-order valence-electron chi connectivity index (χ3n) is 3.41. The van der Waals surface area contributed by atoms with Crippen LogP contribution in [-0.2, 0) is 4.74 Å². The maximum atomic E-state index is 5.19. The van der Waals surface area contributed by atoms with Crippen LogP contribution in [0, 0.1) is 17.8 Å². The zero-order chi connectivity index (χ0) is 7.84. The van der Waals surface area contributed by atoms with Gasteiger partial charge in [0.2, 0.25) is 0 Å². The molecule has 1 nitrogen and oxygen atoms in total. The van der Waals surface area contributed by atoms with Crippen molar-refractivity contribution in [3.63, 3.8) is 0 Å². The highest BCUT2D eigenvalue weighted by molar-refractivity contribution is 5.03. The number of hydrogen-bond acceptors (Lipinski definition) is 1. The Kier molecular flexibility index (Phi) is 1.67. The monoisotopic (exact) mass is 152 g/mol. The number of fused-ring (bicyclic) bond motifs is 2. The molecule has 2 rings (SSSR count). The normalized spacial score (nSPS) is 41.0. The van der Waals surface area contributed by atoms with Crippen LogP contribution >= 0.6 is 0 Å². The second-order valence-corrected chi connectivity index (χ2v) is 3.95. The van der Waals surface area contributed by atoms with Crippen LogP contribution in [0.25, 0.3) is 0 Å². The number of hydrogen-bond donors (Lipinski definition) is 0. The Morgan fingerprint density at radius 1 is 1.36 bits per heavy atom. The van der Waals surface area contributed by atoms with Crippen LogP contribution in [0.3, 0.4) is 0 Å². The molecule has 62 valence electrons. The molecule has 2 saturated carbocycles. The van der Waals surface area contributed by atoms with Crippen molar-refractivity contribution in [1.82, 2.24) is 0 Å². The lowest BCUT2D eigenvalue weighted by Gasteiger charge is -2.22. The van der Waals surface area contributed by atoms with E-state index in [4.69, 9.17) is 4.74 Å². The predicted molar refractivity (Wildman–Crippen MR) is 45.1 cm³/mol. The number of methoxy groups -OCH3 is 1. The predicted octanol–water partition coefficient (Wildman–Crippen LogP) is 2.58. The van der Waals surface area contributed by atoms with Crippen LogP contribution in [0.1, 0.15) is 25.7 Å². The lowest BCUT2D eigenvalue weighted by molar-refractivity contribution is 0.205. The van der Waals surface area contributed by atoms with Gasteiger partial charge in [0.05, 0.1) is 12.9 Å². The van der Waals surface area contributed by atoms with Crippen molar-refractivity contribution in [3.8, 4) is 0 Å². The van der Waals surface area contributed by atoms with Crippen LogP contribution < -0.4 is 0 Å². The van der Waals surface area contributed by atoms with Gasteiger partial charge < -0.3 is 4.74 Å². The molecule has 0 amide bonds. The van der Waals surface area contributed by atoms with Crippen molar-refractivity contribution in [2.75, 3.05) is 7.11 Å². The Morgan fingerprint density at radius 3 is 2.64 bits per heavy atom. The van der Waals surface area contributed by atoms with Gasteiger partial charge in [0.15, 0.2) is 0 Å². The van der Waals surface area contributed by atoms with E-state index >= 15 is 0 Å². The van der Waals surface area contributed by atoms with Gasteiger partial charge in [-0.05, 0) is 31.1 Å². The van der Waals surface area contributed by atoms with E-state index in [1.165, 1.54) is 25.7 Å². The third kappa shape index (κ3) is 1.07. The molecule has 2 aliphatic rings. The van der Waals surface area contributed by atoms with Gasteiger partial charge >= 0.3 is 0 Å². The summed E-state index contributed by atoms with van der Waals surface area (Å²) >= 11 is 0. The second kappa shape index (κ2) is 2.54. The summed E-state index contributed by atoms with van der Waals surface area (Å²) < 4.78 is 5.19. The number of allylic oxidation sites excluding steroid dienone is 1. The molecule has 0 radical (unpaired) electrons. The molecule has 3 atom stereocenters. The minimum Gasteiger partial charge on any atom is -0.501 e. The Labute approximate surface area is 68.4 Å². The molecule has 0 aliphatic heterocycles. The van der Waals surface area contributed by atoms with Crippen LogP contribution in [0.4, 0.5) is 0 Å². The summed E-state index contributed by atoms with van der Waals surface area (Å²) in [6.07, 6.45) is 5.65. The minimum atomic E-state index is 0.693. The molecule has 0 aromatic heterocycles. The van der Waals surface area contributed by atoms with Crippen molar-refractivity contribution < 1.29 is 4.74 Å². The molecule has 0 spiro atoms. The Balaban J connectivity index is 2.02. The van der Waals surface area contributed by atoms with Gasteiger partial charge in [-0.25, -0.2) is 0 Å². The van der Waals surface area contributed by atoms with E-state index in [1.54, 1.807) is 7.11 Å².